The minimum atomic E-state index is -1.34. The van der Waals surface area contributed by atoms with Gasteiger partial charge in [0, 0.05) is 6.42 Å². The first kappa shape index (κ1) is 19.2. The number of nitrogens with zero attached hydrogens (tertiary/aromatic N) is 2. The molecule has 23 heavy (non-hydrogen) atoms. The second kappa shape index (κ2) is 8.70. The van der Waals surface area contributed by atoms with Crippen LogP contribution in [0.15, 0.2) is 22.6 Å². The van der Waals surface area contributed by atoms with E-state index in [2.05, 4.69) is 16.6 Å². The van der Waals surface area contributed by atoms with Crippen LogP contribution in [0, 0.1) is 5.92 Å². The predicted octanol–water partition coefficient (Wildman–Crippen LogP) is 2.77. The van der Waals surface area contributed by atoms with E-state index >= 15 is 0 Å². The summed E-state index contributed by atoms with van der Waals surface area (Å²) in [7, 11) is 0. The third kappa shape index (κ3) is 4.12. The molecule has 0 spiro atoms. The van der Waals surface area contributed by atoms with Gasteiger partial charge in [0.2, 0.25) is 17.3 Å². The molecular weight excluding hydrogens is 296 g/mol. The lowest BCUT2D eigenvalue weighted by Gasteiger charge is -2.34. The Kier molecular flexibility index (Phi) is 7.26. The van der Waals surface area contributed by atoms with Gasteiger partial charge in [-0.25, -0.2) is 14.8 Å². The zero-order valence-electron chi connectivity index (χ0n) is 14.8. The van der Waals surface area contributed by atoms with Crippen molar-refractivity contribution in [3.8, 4) is 0 Å². The van der Waals surface area contributed by atoms with Gasteiger partial charge in [0.05, 0.1) is 19.8 Å². The zero-order chi connectivity index (χ0) is 17.5. The van der Waals surface area contributed by atoms with Gasteiger partial charge in [0.25, 0.3) is 0 Å². The van der Waals surface area contributed by atoms with Gasteiger partial charge in [-0.3, -0.25) is 0 Å². The first-order valence-electron chi connectivity index (χ1n) is 8.18. The van der Waals surface area contributed by atoms with E-state index in [-0.39, 0.29) is 30.9 Å². The van der Waals surface area contributed by atoms with Crippen LogP contribution >= 0.6 is 0 Å². The maximum absolute atomic E-state index is 12.6. The van der Waals surface area contributed by atoms with E-state index in [1.54, 1.807) is 13.0 Å². The van der Waals surface area contributed by atoms with Crippen molar-refractivity contribution in [3.05, 3.63) is 12.7 Å². The molecule has 0 saturated heterocycles. The molecule has 0 amide bonds. The molecule has 6 nitrogen and oxygen atoms in total. The van der Waals surface area contributed by atoms with E-state index in [9.17, 15) is 4.79 Å². The Morgan fingerprint density at radius 3 is 2.39 bits per heavy atom. The van der Waals surface area contributed by atoms with Gasteiger partial charge < -0.3 is 14.2 Å². The van der Waals surface area contributed by atoms with E-state index < -0.39 is 11.5 Å². The number of carbonyl (C=O) groups excluding carboxylic acids is 1. The van der Waals surface area contributed by atoms with Gasteiger partial charge >= 0.3 is 5.97 Å². The number of hydrogen-bond donors (Lipinski definition) is 0. The summed E-state index contributed by atoms with van der Waals surface area (Å²) < 4.78 is 16.5. The molecule has 0 fully saturated rings. The maximum Gasteiger partial charge on any atom is 0.344 e. The molecule has 0 aliphatic carbocycles. The molecule has 0 radical (unpaired) electrons. The second-order valence-corrected chi connectivity index (χ2v) is 5.51. The SMILES string of the molecule is C=CC[C@@]1(C(=O)OCC)N=C(OCC)[C@H](C(C)C)N=C1OCC. The van der Waals surface area contributed by atoms with Crippen LogP contribution in [-0.4, -0.2) is 49.2 Å². The van der Waals surface area contributed by atoms with Crippen molar-refractivity contribution < 1.29 is 19.0 Å². The highest BCUT2D eigenvalue weighted by Gasteiger charge is 2.50. The zero-order valence-corrected chi connectivity index (χ0v) is 14.8. The molecule has 130 valence electrons. The normalized spacial score (nSPS) is 23.8. The monoisotopic (exact) mass is 324 g/mol. The second-order valence-electron chi connectivity index (χ2n) is 5.51. The van der Waals surface area contributed by atoms with Crippen LogP contribution in [0.5, 0.6) is 0 Å². The lowest BCUT2D eigenvalue weighted by atomic mass is 9.91. The third-order valence-electron chi connectivity index (χ3n) is 3.42. The van der Waals surface area contributed by atoms with Crippen LogP contribution < -0.4 is 0 Å². The Morgan fingerprint density at radius 1 is 1.26 bits per heavy atom. The van der Waals surface area contributed by atoms with Crippen LogP contribution in [0.4, 0.5) is 0 Å². The molecule has 1 heterocycles. The van der Waals surface area contributed by atoms with E-state index in [1.165, 1.54) is 0 Å². The fourth-order valence-corrected chi connectivity index (χ4v) is 2.39. The summed E-state index contributed by atoms with van der Waals surface area (Å²) >= 11 is 0. The Labute approximate surface area is 138 Å². The lowest BCUT2D eigenvalue weighted by Crippen LogP contribution is -2.52. The molecule has 0 bridgehead atoms. The Bertz CT molecular complexity index is 485. The highest BCUT2D eigenvalue weighted by atomic mass is 16.5. The van der Waals surface area contributed by atoms with Crippen molar-refractivity contribution >= 4 is 17.8 Å². The van der Waals surface area contributed by atoms with Gasteiger partial charge in [0.1, 0.15) is 6.04 Å². The van der Waals surface area contributed by atoms with E-state index in [0.29, 0.717) is 19.1 Å². The van der Waals surface area contributed by atoms with Gasteiger partial charge in [-0.2, -0.15) is 0 Å². The summed E-state index contributed by atoms with van der Waals surface area (Å²) in [5, 5.41) is 0. The Balaban J connectivity index is 3.43. The van der Waals surface area contributed by atoms with Crippen LogP contribution in [0.25, 0.3) is 0 Å². The first-order valence-corrected chi connectivity index (χ1v) is 8.18. The summed E-state index contributed by atoms with van der Waals surface area (Å²) in [5.41, 5.74) is -1.34. The van der Waals surface area contributed by atoms with Gasteiger partial charge in [-0.15, -0.1) is 6.58 Å². The summed E-state index contributed by atoms with van der Waals surface area (Å²) in [6, 6.07) is -0.274. The largest absolute Gasteiger partial charge is 0.480 e. The summed E-state index contributed by atoms with van der Waals surface area (Å²) in [4.78, 5) is 21.9. The Morgan fingerprint density at radius 2 is 1.91 bits per heavy atom. The number of carbonyl (C=O) groups is 1. The number of hydrogen-bond acceptors (Lipinski definition) is 6. The van der Waals surface area contributed by atoms with Crippen molar-refractivity contribution in [2.75, 3.05) is 19.8 Å². The average Bonchev–Trinajstić information content (AvgIpc) is 2.50. The fourth-order valence-electron chi connectivity index (χ4n) is 2.39. The maximum atomic E-state index is 12.6. The molecule has 0 aromatic heterocycles. The topological polar surface area (TPSA) is 69.5 Å². The minimum absolute atomic E-state index is 0.166. The fraction of sp³-hybridized carbons (Fsp3) is 0.706. The predicted molar refractivity (Wildman–Crippen MR) is 90.9 cm³/mol. The van der Waals surface area contributed by atoms with Gasteiger partial charge in [-0.05, 0) is 26.7 Å². The summed E-state index contributed by atoms with van der Waals surface area (Å²) in [6.45, 7) is 14.4. The Hall–Kier alpha value is -1.85. The van der Waals surface area contributed by atoms with Crippen molar-refractivity contribution in [2.24, 2.45) is 15.9 Å². The molecular formula is C17H28N2O4. The van der Waals surface area contributed by atoms with Crippen molar-refractivity contribution in [1.29, 1.82) is 0 Å². The molecule has 0 N–H and O–H groups in total. The highest BCUT2D eigenvalue weighted by Crippen LogP contribution is 2.30. The van der Waals surface area contributed by atoms with Crippen LogP contribution in [-0.2, 0) is 19.0 Å². The van der Waals surface area contributed by atoms with Gasteiger partial charge in [0.15, 0.2) is 0 Å². The smallest absolute Gasteiger partial charge is 0.344 e. The van der Waals surface area contributed by atoms with E-state index in [1.807, 2.05) is 27.7 Å². The van der Waals surface area contributed by atoms with Crippen LogP contribution in [0.3, 0.4) is 0 Å². The molecule has 6 heteroatoms. The third-order valence-corrected chi connectivity index (χ3v) is 3.42. The molecule has 1 rings (SSSR count). The molecule has 0 saturated carbocycles. The number of rotatable bonds is 7. The quantitative estimate of drug-likeness (QED) is 0.533. The first-order chi connectivity index (χ1) is 11.0. The van der Waals surface area contributed by atoms with Crippen LogP contribution in [0.2, 0.25) is 0 Å². The van der Waals surface area contributed by atoms with E-state index in [4.69, 9.17) is 14.2 Å². The number of aliphatic imine (C=N–C) groups is 2. The molecule has 0 unspecified atom stereocenters. The lowest BCUT2D eigenvalue weighted by molar-refractivity contribution is -0.147. The molecule has 0 aromatic carbocycles. The van der Waals surface area contributed by atoms with Crippen molar-refractivity contribution in [1.82, 2.24) is 0 Å². The standard InChI is InChI=1S/C17H28N2O4/c1-7-11-17(16(20)23-10-4)15(22-9-3)18-13(12(5)6)14(19-17)21-8-2/h7,12-13H,1,8-11H2,2-6H3/t13-,17+/m0/s1. The minimum Gasteiger partial charge on any atom is -0.480 e. The van der Waals surface area contributed by atoms with Gasteiger partial charge in [-0.1, -0.05) is 19.9 Å². The van der Waals surface area contributed by atoms with E-state index in [0.717, 1.165) is 0 Å². The van der Waals surface area contributed by atoms with Crippen LogP contribution in [0.1, 0.15) is 41.0 Å². The summed E-state index contributed by atoms with van der Waals surface area (Å²) in [6.07, 6.45) is 1.86. The molecule has 1 aliphatic heterocycles. The molecule has 0 aromatic rings. The van der Waals surface area contributed by atoms with Crippen molar-refractivity contribution in [2.45, 2.75) is 52.6 Å². The summed E-state index contributed by atoms with van der Waals surface area (Å²) in [5.74, 6) is 0.396. The molecule has 2 atom stereocenters. The highest BCUT2D eigenvalue weighted by molar-refractivity contribution is 6.12. The number of esters is 1. The number of ether oxygens (including phenoxy) is 3. The van der Waals surface area contributed by atoms with Crippen molar-refractivity contribution in [3.63, 3.8) is 0 Å². The average molecular weight is 324 g/mol. The molecule has 1 aliphatic rings.